The first-order valence-corrected chi connectivity index (χ1v) is 16.8. The Morgan fingerprint density at radius 2 is 1.56 bits per heavy atom. The van der Waals surface area contributed by atoms with Crippen molar-refractivity contribution in [3.05, 3.63) is 71.0 Å². The lowest BCUT2D eigenvalue weighted by Gasteiger charge is -2.46. The molecule has 2 saturated heterocycles. The number of carbonyl (C=O) groups is 3. The number of benzene rings is 2. The van der Waals surface area contributed by atoms with Crippen LogP contribution in [0.2, 0.25) is 0 Å². The Bertz CT molecular complexity index is 1300. The van der Waals surface area contributed by atoms with Gasteiger partial charge in [-0.3, -0.25) is 19.3 Å². The van der Waals surface area contributed by atoms with Gasteiger partial charge in [0.05, 0.1) is 0 Å². The zero-order valence-corrected chi connectivity index (χ0v) is 27.1. The van der Waals surface area contributed by atoms with Gasteiger partial charge in [0.25, 0.3) is 0 Å². The second-order valence-corrected chi connectivity index (χ2v) is 13.5. The average molecular weight is 620 g/mol. The summed E-state index contributed by atoms with van der Waals surface area (Å²) in [6.45, 7) is 10.8. The summed E-state index contributed by atoms with van der Waals surface area (Å²) in [4.78, 5) is 45.8. The number of amides is 3. The van der Waals surface area contributed by atoms with Gasteiger partial charge in [-0.1, -0.05) is 50.2 Å². The Balaban J connectivity index is 1.23. The van der Waals surface area contributed by atoms with E-state index in [-0.39, 0.29) is 36.0 Å². The molecule has 45 heavy (non-hydrogen) atoms. The van der Waals surface area contributed by atoms with Gasteiger partial charge in [0.2, 0.25) is 17.7 Å². The molecule has 5 rings (SSSR count). The van der Waals surface area contributed by atoms with Gasteiger partial charge in [-0.25, -0.2) is 4.39 Å². The fraction of sp³-hybridized carbons (Fsp3) is 0.583. The van der Waals surface area contributed by atoms with Crippen molar-refractivity contribution in [1.82, 2.24) is 25.3 Å². The highest BCUT2D eigenvalue weighted by Crippen LogP contribution is 2.27. The molecule has 1 unspecified atom stereocenters. The maximum absolute atomic E-state index is 14.0. The lowest BCUT2D eigenvalue weighted by molar-refractivity contribution is -0.138. The molecule has 0 aliphatic carbocycles. The first kappa shape index (κ1) is 33.1. The number of hydrogen-bond acceptors (Lipinski definition) is 5. The van der Waals surface area contributed by atoms with E-state index in [4.69, 9.17) is 0 Å². The molecule has 2 fully saturated rings. The van der Waals surface area contributed by atoms with E-state index in [0.717, 1.165) is 69.4 Å². The van der Waals surface area contributed by atoms with E-state index in [1.54, 1.807) is 19.1 Å². The van der Waals surface area contributed by atoms with Gasteiger partial charge in [-0.2, -0.15) is 0 Å². The summed E-state index contributed by atoms with van der Waals surface area (Å²) < 4.78 is 13.7. The summed E-state index contributed by atoms with van der Waals surface area (Å²) in [5.74, 6) is 0.106. The van der Waals surface area contributed by atoms with Crippen molar-refractivity contribution in [2.45, 2.75) is 89.9 Å². The highest BCUT2D eigenvalue weighted by molar-refractivity contribution is 5.88. The van der Waals surface area contributed by atoms with Crippen LogP contribution in [0.4, 0.5) is 4.39 Å². The van der Waals surface area contributed by atoms with Crippen LogP contribution in [0.1, 0.15) is 75.6 Å². The molecular formula is C36H50FN5O3. The van der Waals surface area contributed by atoms with Crippen molar-refractivity contribution in [3.8, 4) is 0 Å². The molecule has 3 aliphatic rings. The molecule has 3 amide bonds. The molecule has 2 aromatic carbocycles. The maximum atomic E-state index is 14.0. The molecule has 0 aromatic heterocycles. The predicted octanol–water partition coefficient (Wildman–Crippen LogP) is 4.09. The van der Waals surface area contributed by atoms with Crippen LogP contribution >= 0.6 is 0 Å². The first-order valence-electron chi connectivity index (χ1n) is 16.8. The summed E-state index contributed by atoms with van der Waals surface area (Å²) in [6.07, 6.45) is 5.22. The van der Waals surface area contributed by atoms with E-state index in [1.807, 2.05) is 21.9 Å². The third kappa shape index (κ3) is 8.70. The summed E-state index contributed by atoms with van der Waals surface area (Å²) in [5, 5.41) is 6.54. The third-order valence-corrected chi connectivity index (χ3v) is 9.79. The number of carbonyl (C=O) groups excluding carboxylic acids is 3. The molecule has 2 N–H and O–H groups in total. The van der Waals surface area contributed by atoms with E-state index in [1.165, 1.54) is 17.7 Å². The summed E-state index contributed by atoms with van der Waals surface area (Å²) >= 11 is 0. The third-order valence-electron chi connectivity index (χ3n) is 9.79. The normalized spacial score (nSPS) is 20.3. The zero-order valence-electron chi connectivity index (χ0n) is 27.1. The van der Waals surface area contributed by atoms with E-state index in [2.05, 4.69) is 41.5 Å². The van der Waals surface area contributed by atoms with E-state index in [0.29, 0.717) is 37.5 Å². The largest absolute Gasteiger partial charge is 0.344 e. The highest BCUT2D eigenvalue weighted by Gasteiger charge is 2.35. The number of hydrogen-bond donors (Lipinski definition) is 2. The Morgan fingerprint density at radius 1 is 0.933 bits per heavy atom. The smallest absolute Gasteiger partial charge is 0.245 e. The van der Waals surface area contributed by atoms with Gasteiger partial charge < -0.3 is 20.4 Å². The van der Waals surface area contributed by atoms with Crippen LogP contribution in [0.15, 0.2) is 48.5 Å². The van der Waals surface area contributed by atoms with Crippen LogP contribution in [0, 0.1) is 11.7 Å². The second-order valence-electron chi connectivity index (χ2n) is 13.5. The molecule has 244 valence electrons. The molecule has 3 heterocycles. The quantitative estimate of drug-likeness (QED) is 0.419. The Labute approximate surface area is 267 Å². The highest BCUT2D eigenvalue weighted by atomic mass is 19.1. The fourth-order valence-corrected chi connectivity index (χ4v) is 7.44. The fourth-order valence-electron chi connectivity index (χ4n) is 7.44. The number of fused-ring (bicyclic) bond motifs is 1. The van der Waals surface area contributed by atoms with Gasteiger partial charge in [0, 0.05) is 70.6 Å². The topological polar surface area (TPSA) is 85.0 Å². The van der Waals surface area contributed by atoms with Crippen molar-refractivity contribution < 1.29 is 18.8 Å². The minimum atomic E-state index is -0.721. The van der Waals surface area contributed by atoms with Crippen molar-refractivity contribution >= 4 is 17.7 Å². The molecular weight excluding hydrogens is 569 g/mol. The number of piperidine rings is 2. The predicted molar refractivity (Wildman–Crippen MR) is 174 cm³/mol. The van der Waals surface area contributed by atoms with Crippen LogP contribution in [0.25, 0.3) is 0 Å². The van der Waals surface area contributed by atoms with Gasteiger partial charge in [0.1, 0.15) is 11.9 Å². The van der Waals surface area contributed by atoms with Crippen LogP contribution in [-0.2, 0) is 27.2 Å². The number of rotatable bonds is 10. The number of likely N-dealkylation sites (tertiary alicyclic amines) is 2. The summed E-state index contributed by atoms with van der Waals surface area (Å²) in [6, 6.07) is 14.4. The summed E-state index contributed by atoms with van der Waals surface area (Å²) in [7, 11) is 0. The Hall–Kier alpha value is -3.30. The zero-order chi connectivity index (χ0) is 31.9. The lowest BCUT2D eigenvalue weighted by Crippen LogP contribution is -2.56. The molecule has 9 heteroatoms. The Kier molecular flexibility index (Phi) is 11.3. The standard InChI is InChI=1S/C36H50FN5O3/c1-25(2)24-42(30-13-18-40(19-14-30)26(3)43)31-15-20-41(21-16-31)36(45)34(22-27-8-10-29(37)11-9-27)39-35(44)23-33-32-7-5-4-6-28(32)12-17-38-33/h4-11,25,30-31,33-34,38H,12-24H2,1-3H3,(H,39,44)/t33?,34-/m1/s1. The minimum Gasteiger partial charge on any atom is -0.344 e. The molecule has 0 bridgehead atoms. The van der Waals surface area contributed by atoms with Crippen LogP contribution in [0.5, 0.6) is 0 Å². The molecule has 8 nitrogen and oxygen atoms in total. The molecule has 0 spiro atoms. The molecule has 2 atom stereocenters. The molecule has 2 aromatic rings. The van der Waals surface area contributed by atoms with E-state index in [9.17, 15) is 18.8 Å². The van der Waals surface area contributed by atoms with Gasteiger partial charge in [0.15, 0.2) is 0 Å². The molecule has 0 radical (unpaired) electrons. The first-order chi connectivity index (χ1) is 21.7. The average Bonchev–Trinajstić information content (AvgIpc) is 3.04. The summed E-state index contributed by atoms with van der Waals surface area (Å²) in [5.41, 5.74) is 3.21. The van der Waals surface area contributed by atoms with Crippen molar-refractivity contribution in [2.75, 3.05) is 39.3 Å². The van der Waals surface area contributed by atoms with Gasteiger partial charge in [-0.05, 0) is 73.4 Å². The van der Waals surface area contributed by atoms with Crippen molar-refractivity contribution in [1.29, 1.82) is 0 Å². The van der Waals surface area contributed by atoms with Crippen LogP contribution < -0.4 is 10.6 Å². The van der Waals surface area contributed by atoms with Crippen LogP contribution in [0.3, 0.4) is 0 Å². The number of nitrogens with one attached hydrogen (secondary N) is 2. The number of halogens is 1. The minimum absolute atomic E-state index is 0.0756. The monoisotopic (exact) mass is 619 g/mol. The second kappa shape index (κ2) is 15.3. The van der Waals surface area contributed by atoms with E-state index >= 15 is 0 Å². The van der Waals surface area contributed by atoms with Crippen molar-refractivity contribution in [3.63, 3.8) is 0 Å². The maximum Gasteiger partial charge on any atom is 0.245 e. The lowest BCUT2D eigenvalue weighted by atomic mass is 9.92. The number of nitrogens with zero attached hydrogens (tertiary/aromatic N) is 3. The SMILES string of the molecule is CC(=O)N1CCC(N(CC(C)C)C2CCN(C(=O)[C@@H](Cc3ccc(F)cc3)NC(=O)CC3NCCc4ccccc43)CC2)CC1. The molecule has 3 aliphatic heterocycles. The van der Waals surface area contributed by atoms with Gasteiger partial charge >= 0.3 is 0 Å². The van der Waals surface area contributed by atoms with E-state index < -0.39 is 6.04 Å². The van der Waals surface area contributed by atoms with Crippen LogP contribution in [-0.4, -0.2) is 89.8 Å². The van der Waals surface area contributed by atoms with Gasteiger partial charge in [-0.15, -0.1) is 0 Å². The Morgan fingerprint density at radius 3 is 2.18 bits per heavy atom. The molecule has 0 saturated carbocycles. The van der Waals surface area contributed by atoms with Crippen molar-refractivity contribution in [2.24, 2.45) is 5.92 Å².